The molecule has 1 saturated heterocycles. The third-order valence-electron chi connectivity index (χ3n) is 3.59. The fourth-order valence-electron chi connectivity index (χ4n) is 2.41. The molecular formula is C14H23N3O2. The lowest BCUT2D eigenvalue weighted by Crippen LogP contribution is -2.48. The van der Waals surface area contributed by atoms with E-state index in [1.54, 1.807) is 6.26 Å². The van der Waals surface area contributed by atoms with Crippen LogP contribution in [-0.2, 0) is 4.79 Å². The Labute approximate surface area is 114 Å². The van der Waals surface area contributed by atoms with Crippen LogP contribution in [0.3, 0.4) is 0 Å². The van der Waals surface area contributed by atoms with Crippen LogP contribution < -0.4 is 10.6 Å². The molecule has 1 aliphatic rings. The van der Waals surface area contributed by atoms with Crippen LogP contribution in [0, 0.1) is 0 Å². The van der Waals surface area contributed by atoms with E-state index in [-0.39, 0.29) is 18.0 Å². The van der Waals surface area contributed by atoms with Gasteiger partial charge in [-0.05, 0) is 45.6 Å². The molecule has 2 heterocycles. The van der Waals surface area contributed by atoms with E-state index in [2.05, 4.69) is 10.6 Å². The SMILES string of the molecule is CN(C)C(CNC(=O)C1CCCCN1)c1ccco1. The Balaban J connectivity index is 1.86. The van der Waals surface area contributed by atoms with Gasteiger partial charge in [0.2, 0.25) is 5.91 Å². The van der Waals surface area contributed by atoms with Crippen molar-refractivity contribution >= 4 is 5.91 Å². The van der Waals surface area contributed by atoms with Crippen molar-refractivity contribution in [1.82, 2.24) is 15.5 Å². The largest absolute Gasteiger partial charge is 0.468 e. The van der Waals surface area contributed by atoms with Crippen LogP contribution in [0.4, 0.5) is 0 Å². The van der Waals surface area contributed by atoms with Gasteiger partial charge in [0.25, 0.3) is 0 Å². The molecule has 19 heavy (non-hydrogen) atoms. The number of hydrogen-bond acceptors (Lipinski definition) is 4. The van der Waals surface area contributed by atoms with Gasteiger partial charge in [0.15, 0.2) is 0 Å². The van der Waals surface area contributed by atoms with Crippen LogP contribution in [0.1, 0.15) is 31.1 Å². The number of likely N-dealkylation sites (N-methyl/N-ethyl adjacent to an activating group) is 1. The Bertz CT molecular complexity index is 383. The number of nitrogens with zero attached hydrogens (tertiary/aromatic N) is 1. The Morgan fingerprint density at radius 3 is 3.00 bits per heavy atom. The van der Waals surface area contributed by atoms with Crippen LogP contribution in [0.2, 0.25) is 0 Å². The minimum absolute atomic E-state index is 0.0341. The minimum atomic E-state index is -0.0341. The van der Waals surface area contributed by atoms with Gasteiger partial charge < -0.3 is 15.1 Å². The van der Waals surface area contributed by atoms with Crippen LogP contribution in [0.25, 0.3) is 0 Å². The summed E-state index contributed by atoms with van der Waals surface area (Å²) in [4.78, 5) is 14.1. The molecule has 1 aromatic rings. The maximum Gasteiger partial charge on any atom is 0.237 e. The van der Waals surface area contributed by atoms with E-state index < -0.39 is 0 Å². The number of furan rings is 1. The van der Waals surface area contributed by atoms with Gasteiger partial charge >= 0.3 is 0 Å². The summed E-state index contributed by atoms with van der Waals surface area (Å²) in [6.07, 6.45) is 4.88. The topological polar surface area (TPSA) is 57.5 Å². The molecule has 1 aliphatic heterocycles. The van der Waals surface area contributed by atoms with Gasteiger partial charge in [-0.3, -0.25) is 9.69 Å². The third-order valence-corrected chi connectivity index (χ3v) is 3.59. The molecule has 0 radical (unpaired) electrons. The zero-order chi connectivity index (χ0) is 13.7. The number of nitrogens with one attached hydrogen (secondary N) is 2. The van der Waals surface area contributed by atoms with Gasteiger partial charge in [0, 0.05) is 6.54 Å². The average Bonchev–Trinajstić information content (AvgIpc) is 2.93. The Hall–Kier alpha value is -1.33. The highest BCUT2D eigenvalue weighted by molar-refractivity contribution is 5.81. The highest BCUT2D eigenvalue weighted by Gasteiger charge is 2.23. The predicted molar refractivity (Wildman–Crippen MR) is 73.8 cm³/mol. The molecule has 1 amide bonds. The highest BCUT2D eigenvalue weighted by Crippen LogP contribution is 2.17. The van der Waals surface area contributed by atoms with Crippen molar-refractivity contribution in [2.75, 3.05) is 27.2 Å². The summed E-state index contributed by atoms with van der Waals surface area (Å²) in [7, 11) is 3.97. The van der Waals surface area contributed by atoms with E-state index in [0.29, 0.717) is 6.54 Å². The van der Waals surface area contributed by atoms with Crippen molar-refractivity contribution in [3.8, 4) is 0 Å². The fourth-order valence-corrected chi connectivity index (χ4v) is 2.41. The zero-order valence-corrected chi connectivity index (χ0v) is 11.7. The third kappa shape index (κ3) is 3.81. The minimum Gasteiger partial charge on any atom is -0.468 e. The molecule has 2 unspecified atom stereocenters. The van der Waals surface area contributed by atoms with E-state index >= 15 is 0 Å². The lowest BCUT2D eigenvalue weighted by Gasteiger charge is -2.26. The monoisotopic (exact) mass is 265 g/mol. The number of carbonyl (C=O) groups excluding carboxylic acids is 1. The molecule has 106 valence electrons. The molecule has 2 atom stereocenters. The zero-order valence-electron chi connectivity index (χ0n) is 11.7. The normalized spacial score (nSPS) is 21.3. The molecule has 5 nitrogen and oxygen atoms in total. The predicted octanol–water partition coefficient (Wildman–Crippen LogP) is 1.14. The van der Waals surface area contributed by atoms with Gasteiger partial charge in [0.05, 0.1) is 18.3 Å². The van der Waals surface area contributed by atoms with Crippen molar-refractivity contribution in [3.05, 3.63) is 24.2 Å². The number of amides is 1. The number of piperidine rings is 1. The second kappa shape index (κ2) is 6.73. The van der Waals surface area contributed by atoms with Crippen molar-refractivity contribution < 1.29 is 9.21 Å². The molecule has 0 spiro atoms. The lowest BCUT2D eigenvalue weighted by molar-refractivity contribution is -0.123. The maximum absolute atomic E-state index is 12.1. The lowest BCUT2D eigenvalue weighted by atomic mass is 10.0. The van der Waals surface area contributed by atoms with Crippen LogP contribution >= 0.6 is 0 Å². The van der Waals surface area contributed by atoms with Gasteiger partial charge in [-0.15, -0.1) is 0 Å². The van der Waals surface area contributed by atoms with E-state index in [9.17, 15) is 4.79 Å². The standard InChI is InChI=1S/C14H23N3O2/c1-17(2)12(13-7-5-9-19-13)10-16-14(18)11-6-3-4-8-15-11/h5,7,9,11-12,15H,3-4,6,8,10H2,1-2H3,(H,16,18). The maximum atomic E-state index is 12.1. The molecule has 5 heteroatoms. The van der Waals surface area contributed by atoms with Crippen molar-refractivity contribution in [2.24, 2.45) is 0 Å². The van der Waals surface area contributed by atoms with Crippen LogP contribution in [0.15, 0.2) is 22.8 Å². The van der Waals surface area contributed by atoms with E-state index in [1.165, 1.54) is 0 Å². The summed E-state index contributed by atoms with van der Waals surface area (Å²) in [6, 6.07) is 3.85. The first kappa shape index (κ1) is 14.1. The quantitative estimate of drug-likeness (QED) is 0.838. The van der Waals surface area contributed by atoms with E-state index in [4.69, 9.17) is 4.42 Å². The van der Waals surface area contributed by atoms with Crippen LogP contribution in [-0.4, -0.2) is 44.0 Å². The number of rotatable bonds is 5. The molecule has 0 bridgehead atoms. The molecule has 0 saturated carbocycles. The van der Waals surface area contributed by atoms with Gasteiger partial charge in [0.1, 0.15) is 5.76 Å². The molecule has 0 aliphatic carbocycles. The van der Waals surface area contributed by atoms with Gasteiger partial charge in [-0.1, -0.05) is 6.42 Å². The van der Waals surface area contributed by atoms with E-state index in [1.807, 2.05) is 31.1 Å². The molecule has 0 aromatic carbocycles. The summed E-state index contributed by atoms with van der Waals surface area (Å²) in [6.45, 7) is 1.50. The summed E-state index contributed by atoms with van der Waals surface area (Å²) in [5, 5.41) is 6.28. The molecule has 1 aromatic heterocycles. The molecule has 1 fully saturated rings. The summed E-state index contributed by atoms with van der Waals surface area (Å²) in [5.74, 6) is 0.972. The second-order valence-corrected chi connectivity index (χ2v) is 5.24. The number of carbonyl (C=O) groups is 1. The average molecular weight is 265 g/mol. The van der Waals surface area contributed by atoms with Gasteiger partial charge in [-0.2, -0.15) is 0 Å². The van der Waals surface area contributed by atoms with Crippen LogP contribution in [0.5, 0.6) is 0 Å². The Kier molecular flexibility index (Phi) is 4.99. The highest BCUT2D eigenvalue weighted by atomic mass is 16.3. The van der Waals surface area contributed by atoms with Crippen molar-refractivity contribution in [1.29, 1.82) is 0 Å². The summed E-state index contributed by atoms with van der Waals surface area (Å²) >= 11 is 0. The summed E-state index contributed by atoms with van der Waals surface area (Å²) < 4.78 is 5.43. The first-order valence-electron chi connectivity index (χ1n) is 6.89. The summed E-state index contributed by atoms with van der Waals surface area (Å²) in [5.41, 5.74) is 0. The molecule has 2 rings (SSSR count). The number of hydrogen-bond donors (Lipinski definition) is 2. The first-order valence-corrected chi connectivity index (χ1v) is 6.89. The smallest absolute Gasteiger partial charge is 0.237 e. The fraction of sp³-hybridized carbons (Fsp3) is 0.643. The van der Waals surface area contributed by atoms with Gasteiger partial charge in [-0.25, -0.2) is 0 Å². The van der Waals surface area contributed by atoms with E-state index in [0.717, 1.165) is 31.6 Å². The molecular weight excluding hydrogens is 242 g/mol. The van der Waals surface area contributed by atoms with Crippen molar-refractivity contribution in [3.63, 3.8) is 0 Å². The Morgan fingerprint density at radius 1 is 1.58 bits per heavy atom. The second-order valence-electron chi connectivity index (χ2n) is 5.24. The Morgan fingerprint density at radius 2 is 2.42 bits per heavy atom. The van der Waals surface area contributed by atoms with Crippen molar-refractivity contribution in [2.45, 2.75) is 31.3 Å². The molecule has 2 N–H and O–H groups in total. The first-order chi connectivity index (χ1) is 9.18.